The molecule has 0 atom stereocenters. The molecule has 0 saturated heterocycles. The topological polar surface area (TPSA) is 73.0 Å². The third kappa shape index (κ3) is 3.28. The van der Waals surface area contributed by atoms with E-state index in [1.807, 2.05) is 65.2 Å². The van der Waals surface area contributed by atoms with Crippen molar-refractivity contribution in [3.63, 3.8) is 0 Å². The fourth-order valence-electron chi connectivity index (χ4n) is 2.67. The van der Waals surface area contributed by atoms with Crippen molar-refractivity contribution < 1.29 is 9.32 Å². The van der Waals surface area contributed by atoms with Crippen molar-refractivity contribution in [1.82, 2.24) is 20.0 Å². The molecule has 0 unspecified atom stereocenters. The van der Waals surface area contributed by atoms with Gasteiger partial charge in [-0.05, 0) is 12.1 Å². The lowest BCUT2D eigenvalue weighted by Crippen LogP contribution is -2.26. The molecular weight excluding hydrogens is 316 g/mol. The van der Waals surface area contributed by atoms with Crippen molar-refractivity contribution in [2.75, 3.05) is 0 Å². The smallest absolute Gasteiger partial charge is 0.240 e. The van der Waals surface area contributed by atoms with Crippen LogP contribution in [0.3, 0.4) is 0 Å². The summed E-state index contributed by atoms with van der Waals surface area (Å²) in [7, 11) is 0. The summed E-state index contributed by atoms with van der Waals surface area (Å²) in [5.41, 5.74) is 3.45. The minimum Gasteiger partial charge on any atom is -0.356 e. The molecule has 0 saturated carbocycles. The fourth-order valence-corrected chi connectivity index (χ4v) is 2.67. The number of nitrogens with one attached hydrogen (secondary N) is 1. The Labute approximate surface area is 144 Å². The summed E-state index contributed by atoms with van der Waals surface area (Å²) < 4.78 is 7.15. The first-order valence-electron chi connectivity index (χ1n) is 7.97. The molecule has 1 N–H and O–H groups in total. The molecule has 2 aromatic heterocycles. The van der Waals surface area contributed by atoms with E-state index >= 15 is 0 Å². The summed E-state index contributed by atoms with van der Waals surface area (Å²) in [5.74, 6) is 0.581. The van der Waals surface area contributed by atoms with E-state index in [9.17, 15) is 4.79 Å². The predicted octanol–water partition coefficient (Wildman–Crippen LogP) is 3.01. The standard InChI is InChI=1S/C19H16N4O2/c24-19(12-23-13-21-16-8-4-5-9-17(16)23)20-11-15-10-18(25-22-15)14-6-2-1-3-7-14/h1-10,13H,11-12H2,(H,20,24). The number of hydrogen-bond donors (Lipinski definition) is 1. The number of fused-ring (bicyclic) bond motifs is 1. The number of carbonyl (C=O) groups is 1. The van der Waals surface area contributed by atoms with Crippen LogP contribution in [0.4, 0.5) is 0 Å². The number of aromatic nitrogens is 3. The van der Waals surface area contributed by atoms with E-state index in [0.29, 0.717) is 18.0 Å². The zero-order valence-corrected chi connectivity index (χ0v) is 13.4. The van der Waals surface area contributed by atoms with Gasteiger partial charge in [0.2, 0.25) is 5.91 Å². The number of carbonyl (C=O) groups excluding carboxylic acids is 1. The number of imidazole rings is 1. The maximum Gasteiger partial charge on any atom is 0.240 e. The maximum absolute atomic E-state index is 12.2. The molecule has 4 aromatic rings. The lowest BCUT2D eigenvalue weighted by molar-refractivity contribution is -0.121. The molecule has 6 nitrogen and oxygen atoms in total. The Morgan fingerprint density at radius 3 is 2.76 bits per heavy atom. The second-order valence-corrected chi connectivity index (χ2v) is 5.69. The molecule has 2 heterocycles. The zero-order valence-electron chi connectivity index (χ0n) is 13.4. The minimum atomic E-state index is -0.104. The first kappa shape index (κ1) is 15.1. The second kappa shape index (κ2) is 6.60. The van der Waals surface area contributed by atoms with Gasteiger partial charge in [-0.15, -0.1) is 0 Å². The van der Waals surface area contributed by atoms with Crippen molar-refractivity contribution >= 4 is 16.9 Å². The Morgan fingerprint density at radius 2 is 1.88 bits per heavy atom. The number of nitrogens with zero attached hydrogens (tertiary/aromatic N) is 3. The third-order valence-corrected chi connectivity index (χ3v) is 3.93. The third-order valence-electron chi connectivity index (χ3n) is 3.93. The van der Waals surface area contributed by atoms with Crippen LogP contribution >= 0.6 is 0 Å². The summed E-state index contributed by atoms with van der Waals surface area (Å²) in [6, 6.07) is 19.3. The number of benzene rings is 2. The van der Waals surface area contributed by atoms with Gasteiger partial charge in [-0.2, -0.15) is 0 Å². The summed E-state index contributed by atoms with van der Waals surface area (Å²) in [4.78, 5) is 16.5. The molecule has 0 radical (unpaired) electrons. The maximum atomic E-state index is 12.2. The van der Waals surface area contributed by atoms with Crippen LogP contribution in [0, 0.1) is 0 Å². The molecule has 0 aliphatic carbocycles. The fraction of sp³-hybridized carbons (Fsp3) is 0.105. The first-order valence-corrected chi connectivity index (χ1v) is 7.97. The highest BCUT2D eigenvalue weighted by molar-refractivity contribution is 5.80. The summed E-state index contributed by atoms with van der Waals surface area (Å²) >= 11 is 0. The van der Waals surface area contributed by atoms with Crippen LogP contribution in [0.2, 0.25) is 0 Å². The lowest BCUT2D eigenvalue weighted by atomic mass is 10.2. The van der Waals surface area contributed by atoms with Crippen molar-refractivity contribution in [2.24, 2.45) is 0 Å². The molecule has 6 heteroatoms. The number of para-hydroxylation sites is 2. The van der Waals surface area contributed by atoms with Gasteiger partial charge in [0.1, 0.15) is 12.2 Å². The van der Waals surface area contributed by atoms with Crippen LogP contribution in [0.15, 0.2) is 71.5 Å². The van der Waals surface area contributed by atoms with E-state index in [1.54, 1.807) is 6.33 Å². The van der Waals surface area contributed by atoms with Crippen LogP contribution in [0.5, 0.6) is 0 Å². The first-order chi connectivity index (χ1) is 12.3. The minimum absolute atomic E-state index is 0.104. The SMILES string of the molecule is O=C(Cn1cnc2ccccc21)NCc1cc(-c2ccccc2)on1. The van der Waals surface area contributed by atoms with Gasteiger partial charge >= 0.3 is 0 Å². The van der Waals surface area contributed by atoms with Gasteiger partial charge in [0.25, 0.3) is 0 Å². The molecule has 25 heavy (non-hydrogen) atoms. The molecule has 0 aliphatic rings. The van der Waals surface area contributed by atoms with Gasteiger partial charge < -0.3 is 14.4 Å². The van der Waals surface area contributed by atoms with E-state index in [0.717, 1.165) is 16.6 Å². The highest BCUT2D eigenvalue weighted by Gasteiger charge is 2.09. The van der Waals surface area contributed by atoms with Crippen LogP contribution in [-0.4, -0.2) is 20.6 Å². The predicted molar refractivity (Wildman–Crippen MR) is 93.5 cm³/mol. The van der Waals surface area contributed by atoms with Gasteiger partial charge in [0.05, 0.1) is 23.9 Å². The van der Waals surface area contributed by atoms with Gasteiger partial charge in [-0.3, -0.25) is 4.79 Å². The van der Waals surface area contributed by atoms with Crippen molar-refractivity contribution in [2.45, 2.75) is 13.1 Å². The Morgan fingerprint density at radius 1 is 1.08 bits per heavy atom. The monoisotopic (exact) mass is 332 g/mol. The van der Waals surface area contributed by atoms with Crippen molar-refractivity contribution in [3.05, 3.63) is 72.7 Å². The van der Waals surface area contributed by atoms with Gasteiger partial charge in [-0.1, -0.05) is 47.6 Å². The van der Waals surface area contributed by atoms with Gasteiger partial charge in [0.15, 0.2) is 5.76 Å². The molecule has 2 aromatic carbocycles. The average molecular weight is 332 g/mol. The summed E-state index contributed by atoms with van der Waals surface area (Å²) in [6.45, 7) is 0.533. The average Bonchev–Trinajstić information content (AvgIpc) is 3.28. The molecule has 1 amide bonds. The highest BCUT2D eigenvalue weighted by Crippen LogP contribution is 2.19. The summed E-state index contributed by atoms with van der Waals surface area (Å²) in [5, 5.41) is 6.86. The van der Waals surface area contributed by atoms with Crippen LogP contribution in [0.1, 0.15) is 5.69 Å². The molecule has 0 bridgehead atoms. The number of rotatable bonds is 5. The van der Waals surface area contributed by atoms with E-state index in [2.05, 4.69) is 15.5 Å². The Hall–Kier alpha value is -3.41. The van der Waals surface area contributed by atoms with Crippen molar-refractivity contribution in [3.8, 4) is 11.3 Å². The number of amides is 1. The molecular formula is C19H16N4O2. The molecule has 0 fully saturated rings. The Kier molecular flexibility index (Phi) is 4.00. The molecule has 0 spiro atoms. The van der Waals surface area contributed by atoms with Crippen molar-refractivity contribution in [1.29, 1.82) is 0 Å². The van der Waals surface area contributed by atoms with Crippen LogP contribution in [-0.2, 0) is 17.9 Å². The second-order valence-electron chi connectivity index (χ2n) is 5.69. The Balaban J connectivity index is 1.38. The van der Waals surface area contributed by atoms with Crippen LogP contribution in [0.25, 0.3) is 22.4 Å². The zero-order chi connectivity index (χ0) is 17.1. The highest BCUT2D eigenvalue weighted by atomic mass is 16.5. The molecule has 124 valence electrons. The number of hydrogen-bond acceptors (Lipinski definition) is 4. The summed E-state index contributed by atoms with van der Waals surface area (Å²) in [6.07, 6.45) is 1.67. The van der Waals surface area contributed by atoms with E-state index in [-0.39, 0.29) is 12.5 Å². The quantitative estimate of drug-likeness (QED) is 0.610. The van der Waals surface area contributed by atoms with E-state index < -0.39 is 0 Å². The normalized spacial score (nSPS) is 10.9. The molecule has 0 aliphatic heterocycles. The van der Waals surface area contributed by atoms with E-state index in [4.69, 9.17) is 4.52 Å². The van der Waals surface area contributed by atoms with E-state index in [1.165, 1.54) is 0 Å². The lowest BCUT2D eigenvalue weighted by Gasteiger charge is -2.05. The van der Waals surface area contributed by atoms with Gasteiger partial charge in [0, 0.05) is 11.6 Å². The molecule has 4 rings (SSSR count). The largest absolute Gasteiger partial charge is 0.356 e. The van der Waals surface area contributed by atoms with Crippen LogP contribution < -0.4 is 5.32 Å². The van der Waals surface area contributed by atoms with Gasteiger partial charge in [-0.25, -0.2) is 4.98 Å². The Bertz CT molecular complexity index is 1000.